The summed E-state index contributed by atoms with van der Waals surface area (Å²) < 4.78 is 5.88. The van der Waals surface area contributed by atoms with Crippen LogP contribution in [0.3, 0.4) is 0 Å². The molecule has 1 aliphatic heterocycles. The molecule has 6 heteroatoms. The number of rotatable bonds is 6. The first-order valence-corrected chi connectivity index (χ1v) is 10.2. The van der Waals surface area contributed by atoms with Gasteiger partial charge in [0, 0.05) is 53.3 Å². The van der Waals surface area contributed by atoms with Crippen molar-refractivity contribution in [3.8, 4) is 5.75 Å². The summed E-state index contributed by atoms with van der Waals surface area (Å²) in [6.45, 7) is 2.10. The fourth-order valence-corrected chi connectivity index (χ4v) is 4.44. The molecule has 1 unspecified atom stereocenters. The van der Waals surface area contributed by atoms with Crippen LogP contribution in [0.2, 0.25) is 0 Å². The fraction of sp³-hybridized carbons (Fsp3) is 0.286. The second kappa shape index (κ2) is 8.06. The van der Waals surface area contributed by atoms with Gasteiger partial charge in [-0.3, -0.25) is 9.69 Å². The fourth-order valence-electron chi connectivity index (χ4n) is 3.51. The van der Waals surface area contributed by atoms with Crippen LogP contribution < -0.4 is 4.74 Å². The third kappa shape index (κ3) is 3.96. The number of H-pyrrole nitrogens is 1. The molecular weight excluding hydrogens is 360 g/mol. The number of fused-ring (bicyclic) bond motifs is 1. The molecule has 140 valence electrons. The molecule has 0 radical (unpaired) electrons. The summed E-state index contributed by atoms with van der Waals surface area (Å²) >= 11 is 1.88. The normalized spacial score (nSPS) is 16.3. The molecule has 27 heavy (non-hydrogen) atoms. The molecule has 0 bridgehead atoms. The number of carbonyl (C=O) groups is 1. The lowest BCUT2D eigenvalue weighted by Crippen LogP contribution is -2.39. The second-order valence-electron chi connectivity index (χ2n) is 6.61. The number of hydrogen-bond acceptors (Lipinski definition) is 4. The van der Waals surface area contributed by atoms with E-state index in [1.165, 1.54) is 0 Å². The van der Waals surface area contributed by atoms with Crippen molar-refractivity contribution in [2.45, 2.75) is 12.6 Å². The van der Waals surface area contributed by atoms with Gasteiger partial charge < -0.3 is 14.8 Å². The molecule has 0 aliphatic carbocycles. The monoisotopic (exact) mass is 382 g/mol. The zero-order valence-electron chi connectivity index (χ0n) is 14.9. The van der Waals surface area contributed by atoms with Gasteiger partial charge in [0.1, 0.15) is 18.4 Å². The zero-order chi connectivity index (χ0) is 18.6. The Morgan fingerprint density at radius 2 is 1.96 bits per heavy atom. The van der Waals surface area contributed by atoms with Crippen LogP contribution in [-0.4, -0.2) is 45.6 Å². The number of benzene rings is 2. The van der Waals surface area contributed by atoms with E-state index in [0.717, 1.165) is 52.4 Å². The summed E-state index contributed by atoms with van der Waals surface area (Å²) in [5.41, 5.74) is 2.82. The largest absolute Gasteiger partial charge is 0.489 e. The highest BCUT2D eigenvalue weighted by atomic mass is 32.2. The predicted molar refractivity (Wildman–Crippen MR) is 108 cm³/mol. The molecule has 0 spiro atoms. The summed E-state index contributed by atoms with van der Waals surface area (Å²) in [5, 5.41) is 10.8. The highest BCUT2D eigenvalue weighted by Gasteiger charge is 2.30. The molecule has 0 amide bonds. The van der Waals surface area contributed by atoms with Crippen molar-refractivity contribution in [3.63, 3.8) is 0 Å². The molecule has 2 N–H and O–H groups in total. The Labute approximate surface area is 162 Å². The Bertz CT molecular complexity index is 920. The van der Waals surface area contributed by atoms with Gasteiger partial charge in [-0.1, -0.05) is 30.3 Å². The lowest BCUT2D eigenvalue weighted by Gasteiger charge is -2.31. The SMILES string of the molecule is O=C(O)C(c1c[nH]c2cc(OCc3ccccc3)ccc12)N1CCSCC1. The third-order valence-electron chi connectivity index (χ3n) is 4.87. The lowest BCUT2D eigenvalue weighted by molar-refractivity contribution is -0.143. The third-order valence-corrected chi connectivity index (χ3v) is 5.82. The molecule has 1 atom stereocenters. The molecule has 1 saturated heterocycles. The molecular formula is C21H22N2O3S. The van der Waals surface area contributed by atoms with Crippen LogP contribution in [0.15, 0.2) is 54.7 Å². The van der Waals surface area contributed by atoms with Crippen molar-refractivity contribution in [2.75, 3.05) is 24.6 Å². The van der Waals surface area contributed by atoms with Crippen molar-refractivity contribution in [3.05, 3.63) is 65.9 Å². The van der Waals surface area contributed by atoms with Gasteiger partial charge in [0.05, 0.1) is 0 Å². The average Bonchev–Trinajstić information content (AvgIpc) is 3.11. The van der Waals surface area contributed by atoms with Gasteiger partial charge in [0.25, 0.3) is 0 Å². The first-order chi connectivity index (χ1) is 13.2. The van der Waals surface area contributed by atoms with E-state index in [0.29, 0.717) is 6.61 Å². The number of aromatic amines is 1. The first kappa shape index (κ1) is 17.9. The Morgan fingerprint density at radius 1 is 1.19 bits per heavy atom. The van der Waals surface area contributed by atoms with E-state index in [2.05, 4.69) is 9.88 Å². The van der Waals surface area contributed by atoms with Gasteiger partial charge in [0.2, 0.25) is 0 Å². The van der Waals surface area contributed by atoms with Crippen molar-refractivity contribution in [1.82, 2.24) is 9.88 Å². The van der Waals surface area contributed by atoms with Crippen LogP contribution in [0, 0.1) is 0 Å². The maximum Gasteiger partial charge on any atom is 0.325 e. The molecule has 1 fully saturated rings. The number of aromatic nitrogens is 1. The molecule has 5 nitrogen and oxygen atoms in total. The van der Waals surface area contributed by atoms with Crippen LogP contribution in [0.25, 0.3) is 10.9 Å². The van der Waals surface area contributed by atoms with E-state index in [4.69, 9.17) is 4.74 Å². The summed E-state index contributed by atoms with van der Waals surface area (Å²) in [7, 11) is 0. The standard InChI is InChI=1S/C21H22N2O3S/c24-21(25)20(23-8-10-27-11-9-23)18-13-22-19-12-16(6-7-17(18)19)26-14-15-4-2-1-3-5-15/h1-7,12-13,20,22H,8-11,14H2,(H,24,25). The number of ether oxygens (including phenoxy) is 1. The highest BCUT2D eigenvalue weighted by Crippen LogP contribution is 2.32. The van der Waals surface area contributed by atoms with Gasteiger partial charge in [-0.25, -0.2) is 0 Å². The summed E-state index contributed by atoms with van der Waals surface area (Å²) in [6, 6.07) is 15.2. The molecule has 2 aromatic carbocycles. The number of aliphatic carboxylic acids is 1. The van der Waals surface area contributed by atoms with Crippen LogP contribution in [0.1, 0.15) is 17.2 Å². The van der Waals surface area contributed by atoms with Crippen molar-refractivity contribution in [2.24, 2.45) is 0 Å². The van der Waals surface area contributed by atoms with E-state index in [9.17, 15) is 9.90 Å². The minimum absolute atomic E-state index is 0.503. The quantitative estimate of drug-likeness (QED) is 0.676. The maximum atomic E-state index is 12.0. The van der Waals surface area contributed by atoms with Gasteiger partial charge in [-0.2, -0.15) is 11.8 Å². The van der Waals surface area contributed by atoms with E-state index < -0.39 is 12.0 Å². The van der Waals surface area contributed by atoms with Crippen LogP contribution in [0.5, 0.6) is 5.75 Å². The molecule has 2 heterocycles. The number of carboxylic acid groups (broad SMARTS) is 1. The predicted octanol–water partition coefficient (Wildman–Crippen LogP) is 3.92. The van der Waals surface area contributed by atoms with Crippen molar-refractivity contribution < 1.29 is 14.6 Å². The van der Waals surface area contributed by atoms with E-state index >= 15 is 0 Å². The minimum atomic E-state index is -0.799. The lowest BCUT2D eigenvalue weighted by atomic mass is 10.0. The van der Waals surface area contributed by atoms with Gasteiger partial charge in [-0.15, -0.1) is 0 Å². The molecule has 1 aliphatic rings. The second-order valence-corrected chi connectivity index (χ2v) is 7.84. The van der Waals surface area contributed by atoms with Crippen LogP contribution in [-0.2, 0) is 11.4 Å². The Morgan fingerprint density at radius 3 is 2.70 bits per heavy atom. The van der Waals surface area contributed by atoms with Crippen LogP contribution >= 0.6 is 11.8 Å². The smallest absolute Gasteiger partial charge is 0.325 e. The molecule has 4 rings (SSSR count). The number of nitrogens with one attached hydrogen (secondary N) is 1. The van der Waals surface area contributed by atoms with E-state index in [1.54, 1.807) is 0 Å². The number of nitrogens with zero attached hydrogens (tertiary/aromatic N) is 1. The molecule has 0 saturated carbocycles. The zero-order valence-corrected chi connectivity index (χ0v) is 15.7. The number of hydrogen-bond donors (Lipinski definition) is 2. The maximum absolute atomic E-state index is 12.0. The Kier molecular flexibility index (Phi) is 5.36. The topological polar surface area (TPSA) is 65.6 Å². The van der Waals surface area contributed by atoms with Crippen molar-refractivity contribution in [1.29, 1.82) is 0 Å². The summed E-state index contributed by atoms with van der Waals surface area (Å²) in [5.74, 6) is 1.92. The highest BCUT2D eigenvalue weighted by molar-refractivity contribution is 7.99. The van der Waals surface area contributed by atoms with Crippen LogP contribution in [0.4, 0.5) is 0 Å². The Balaban J connectivity index is 1.56. The van der Waals surface area contributed by atoms with E-state index in [1.807, 2.05) is 66.5 Å². The molecule has 1 aromatic heterocycles. The summed E-state index contributed by atoms with van der Waals surface area (Å²) in [4.78, 5) is 17.3. The Hall–Kier alpha value is -2.44. The number of thioether (sulfide) groups is 1. The van der Waals surface area contributed by atoms with Crippen molar-refractivity contribution >= 4 is 28.6 Å². The van der Waals surface area contributed by atoms with Gasteiger partial charge in [0.15, 0.2) is 0 Å². The van der Waals surface area contributed by atoms with E-state index in [-0.39, 0.29) is 0 Å². The van der Waals surface area contributed by atoms with Gasteiger partial charge >= 0.3 is 5.97 Å². The average molecular weight is 382 g/mol. The summed E-state index contributed by atoms with van der Waals surface area (Å²) in [6.07, 6.45) is 1.83. The minimum Gasteiger partial charge on any atom is -0.489 e. The molecule has 3 aromatic rings. The first-order valence-electron chi connectivity index (χ1n) is 9.05. The van der Waals surface area contributed by atoms with Gasteiger partial charge in [-0.05, 0) is 17.7 Å². The number of carboxylic acids is 1.